The van der Waals surface area contributed by atoms with E-state index in [-0.39, 0.29) is 10.6 Å². The van der Waals surface area contributed by atoms with Gasteiger partial charge in [0.2, 0.25) is 10.0 Å². The van der Waals surface area contributed by atoms with Crippen molar-refractivity contribution in [1.29, 1.82) is 5.26 Å². The Hall–Kier alpha value is -2.56. The largest absolute Gasteiger partial charge is 0.456 e. The minimum absolute atomic E-state index is 0.0904. The maximum atomic E-state index is 11.7. The number of nitrogens with one attached hydrogen (secondary N) is 1. The van der Waals surface area contributed by atoms with Crippen LogP contribution >= 0.6 is 11.6 Å². The highest BCUT2D eigenvalue weighted by atomic mass is 35.5. The molecule has 0 unspecified atom stereocenters. The third-order valence-electron chi connectivity index (χ3n) is 2.68. The van der Waals surface area contributed by atoms with E-state index in [1.807, 2.05) is 10.8 Å². The van der Waals surface area contributed by atoms with Gasteiger partial charge in [-0.05, 0) is 42.5 Å². The van der Waals surface area contributed by atoms with Gasteiger partial charge in [0.25, 0.3) is 5.91 Å². The van der Waals surface area contributed by atoms with Crippen molar-refractivity contribution in [1.82, 2.24) is 4.72 Å². The summed E-state index contributed by atoms with van der Waals surface area (Å²) in [6, 6.07) is 12.6. The minimum Gasteiger partial charge on any atom is -0.456 e. The van der Waals surface area contributed by atoms with Gasteiger partial charge in [0.05, 0.1) is 22.9 Å². The summed E-state index contributed by atoms with van der Waals surface area (Å²) in [5, 5.41) is 8.88. The summed E-state index contributed by atoms with van der Waals surface area (Å²) in [5.41, 5.74) is 0.587. The summed E-state index contributed by atoms with van der Waals surface area (Å²) >= 11 is 6.05. The van der Waals surface area contributed by atoms with Crippen LogP contribution in [0.5, 0.6) is 11.5 Å². The summed E-state index contributed by atoms with van der Waals surface area (Å²) < 4.78 is 29.5. The molecule has 6 nitrogen and oxygen atoms in total. The van der Waals surface area contributed by atoms with Crippen molar-refractivity contribution in [2.24, 2.45) is 0 Å². The lowest BCUT2D eigenvalue weighted by atomic mass is 10.2. The topological polar surface area (TPSA) is 96.3 Å². The molecule has 2 aromatic rings. The van der Waals surface area contributed by atoms with Crippen molar-refractivity contribution in [3.05, 3.63) is 58.6 Å². The van der Waals surface area contributed by atoms with Crippen LogP contribution in [-0.2, 0) is 10.0 Å². The molecule has 1 amide bonds. The van der Waals surface area contributed by atoms with Crippen LogP contribution in [0.2, 0.25) is 5.02 Å². The summed E-state index contributed by atoms with van der Waals surface area (Å²) in [5.74, 6) is -0.00848. The Kier molecular flexibility index (Phi) is 4.89. The van der Waals surface area contributed by atoms with Gasteiger partial charge in [-0.2, -0.15) is 5.26 Å². The summed E-state index contributed by atoms with van der Waals surface area (Å²) in [6.07, 6.45) is 0.884. The lowest BCUT2D eigenvalue weighted by molar-refractivity contribution is 0.0981. The second kappa shape index (κ2) is 6.69. The van der Waals surface area contributed by atoms with E-state index in [0.29, 0.717) is 17.1 Å². The fraction of sp³-hybridized carbons (Fsp3) is 0.0667. The second-order valence-corrected chi connectivity index (χ2v) is 6.74. The zero-order valence-corrected chi connectivity index (χ0v) is 13.5. The van der Waals surface area contributed by atoms with Crippen LogP contribution in [0.15, 0.2) is 42.5 Å². The van der Waals surface area contributed by atoms with Gasteiger partial charge in [-0.25, -0.2) is 13.1 Å². The molecule has 0 atom stereocenters. The van der Waals surface area contributed by atoms with Gasteiger partial charge < -0.3 is 4.74 Å². The standard InChI is InChI=1S/C15H11ClN2O4S/c1-23(20,21)18-15(19)11-4-7-14(13(16)8-11)22-12-5-2-10(9-17)3-6-12/h2-8H,1H3,(H,18,19). The van der Waals surface area contributed by atoms with Crippen molar-refractivity contribution in [2.45, 2.75) is 0 Å². The van der Waals surface area contributed by atoms with Crippen LogP contribution in [-0.4, -0.2) is 20.6 Å². The predicted molar refractivity (Wildman–Crippen MR) is 85.0 cm³/mol. The van der Waals surface area contributed by atoms with E-state index >= 15 is 0 Å². The van der Waals surface area contributed by atoms with Gasteiger partial charge in [-0.1, -0.05) is 11.6 Å². The maximum Gasteiger partial charge on any atom is 0.264 e. The van der Waals surface area contributed by atoms with Gasteiger partial charge in [-0.3, -0.25) is 4.79 Å². The smallest absolute Gasteiger partial charge is 0.264 e. The molecule has 2 rings (SSSR count). The quantitative estimate of drug-likeness (QED) is 0.914. The second-order valence-electron chi connectivity index (χ2n) is 4.59. The third kappa shape index (κ3) is 4.71. The number of hydrogen-bond donors (Lipinski definition) is 1. The third-order valence-corrected chi connectivity index (χ3v) is 3.53. The van der Waals surface area contributed by atoms with Crippen LogP contribution in [0.25, 0.3) is 0 Å². The van der Waals surface area contributed by atoms with Crippen molar-refractivity contribution < 1.29 is 17.9 Å². The minimum atomic E-state index is -3.65. The summed E-state index contributed by atoms with van der Waals surface area (Å²) in [4.78, 5) is 11.7. The highest BCUT2D eigenvalue weighted by Gasteiger charge is 2.13. The Morgan fingerprint density at radius 3 is 2.39 bits per heavy atom. The van der Waals surface area contributed by atoms with Gasteiger partial charge in [-0.15, -0.1) is 0 Å². The summed E-state index contributed by atoms with van der Waals surface area (Å²) in [6.45, 7) is 0. The Labute approximate surface area is 138 Å². The molecule has 23 heavy (non-hydrogen) atoms. The first-order valence-electron chi connectivity index (χ1n) is 6.28. The average molecular weight is 351 g/mol. The van der Waals surface area contributed by atoms with Gasteiger partial charge in [0, 0.05) is 5.56 Å². The summed E-state index contributed by atoms with van der Waals surface area (Å²) in [7, 11) is -3.65. The fourth-order valence-corrected chi connectivity index (χ4v) is 2.35. The Bertz CT molecular complexity index is 887. The molecular formula is C15H11ClN2O4S. The number of carbonyl (C=O) groups is 1. The predicted octanol–water partition coefficient (Wildman–Crippen LogP) is 2.69. The molecule has 0 aliphatic carbocycles. The van der Waals surface area contributed by atoms with Crippen LogP contribution in [0.3, 0.4) is 0 Å². The van der Waals surface area contributed by atoms with E-state index in [1.165, 1.54) is 18.2 Å². The normalized spacial score (nSPS) is 10.7. The van der Waals surface area contributed by atoms with E-state index < -0.39 is 15.9 Å². The van der Waals surface area contributed by atoms with Crippen LogP contribution in [0.4, 0.5) is 0 Å². The van der Waals surface area contributed by atoms with E-state index in [9.17, 15) is 13.2 Å². The zero-order chi connectivity index (χ0) is 17.0. The number of halogens is 1. The van der Waals surface area contributed by atoms with Gasteiger partial charge >= 0.3 is 0 Å². The lowest BCUT2D eigenvalue weighted by Crippen LogP contribution is -2.29. The fourth-order valence-electron chi connectivity index (χ4n) is 1.68. The highest BCUT2D eigenvalue weighted by Crippen LogP contribution is 2.30. The monoisotopic (exact) mass is 350 g/mol. The molecule has 118 valence electrons. The molecule has 0 spiro atoms. The molecule has 0 fully saturated rings. The van der Waals surface area contributed by atoms with Gasteiger partial charge in [0.1, 0.15) is 11.5 Å². The molecule has 8 heteroatoms. The van der Waals surface area contributed by atoms with E-state index in [1.54, 1.807) is 24.3 Å². The first kappa shape index (κ1) is 16.8. The van der Waals surface area contributed by atoms with Crippen molar-refractivity contribution in [3.63, 3.8) is 0 Å². The molecule has 0 saturated carbocycles. The Morgan fingerprint density at radius 2 is 1.87 bits per heavy atom. The number of nitriles is 1. The number of carbonyl (C=O) groups excluding carboxylic acids is 1. The maximum absolute atomic E-state index is 11.7. The SMILES string of the molecule is CS(=O)(=O)NC(=O)c1ccc(Oc2ccc(C#N)cc2)c(Cl)c1. The molecule has 1 N–H and O–H groups in total. The molecule has 0 aromatic heterocycles. The molecule has 0 radical (unpaired) electrons. The molecule has 2 aromatic carbocycles. The van der Waals surface area contributed by atoms with E-state index in [4.69, 9.17) is 21.6 Å². The van der Waals surface area contributed by atoms with E-state index in [2.05, 4.69) is 0 Å². The first-order valence-corrected chi connectivity index (χ1v) is 8.55. The number of hydrogen-bond acceptors (Lipinski definition) is 5. The Balaban J connectivity index is 2.19. The average Bonchev–Trinajstić information content (AvgIpc) is 2.48. The van der Waals surface area contributed by atoms with Crippen molar-refractivity contribution >= 4 is 27.5 Å². The molecule has 0 aliphatic rings. The van der Waals surface area contributed by atoms with Crippen molar-refractivity contribution in [3.8, 4) is 17.6 Å². The van der Waals surface area contributed by atoms with Gasteiger partial charge in [0.15, 0.2) is 0 Å². The van der Waals surface area contributed by atoms with Crippen LogP contribution < -0.4 is 9.46 Å². The molecule has 0 heterocycles. The number of rotatable bonds is 4. The number of nitrogens with zero attached hydrogens (tertiary/aromatic N) is 1. The van der Waals surface area contributed by atoms with Crippen LogP contribution in [0, 0.1) is 11.3 Å². The number of ether oxygens (including phenoxy) is 1. The molecule has 0 bridgehead atoms. The number of amides is 1. The first-order chi connectivity index (χ1) is 10.8. The number of sulfonamides is 1. The molecular weight excluding hydrogens is 340 g/mol. The molecule has 0 saturated heterocycles. The zero-order valence-electron chi connectivity index (χ0n) is 11.9. The lowest BCUT2D eigenvalue weighted by Gasteiger charge is -2.09. The highest BCUT2D eigenvalue weighted by molar-refractivity contribution is 7.89. The van der Waals surface area contributed by atoms with Crippen LogP contribution in [0.1, 0.15) is 15.9 Å². The number of benzene rings is 2. The Morgan fingerprint density at radius 1 is 1.22 bits per heavy atom. The van der Waals surface area contributed by atoms with E-state index in [0.717, 1.165) is 6.26 Å². The molecule has 0 aliphatic heterocycles. The van der Waals surface area contributed by atoms with Crippen molar-refractivity contribution in [2.75, 3.05) is 6.26 Å².